The van der Waals surface area contributed by atoms with Crippen molar-refractivity contribution >= 4 is 35.2 Å². The third kappa shape index (κ3) is 13.8. The Labute approximate surface area is 303 Å². The highest BCUT2D eigenvalue weighted by Gasteiger charge is 2.44. The van der Waals surface area contributed by atoms with Gasteiger partial charge in [0.1, 0.15) is 25.3 Å². The molecule has 4 atom stereocenters. The molecule has 2 heterocycles. The van der Waals surface area contributed by atoms with Crippen molar-refractivity contribution in [3.8, 4) is 10.4 Å². The Hall–Kier alpha value is -3.67. The number of ether oxygens (including phenoxy) is 5. The van der Waals surface area contributed by atoms with Crippen LogP contribution in [0.1, 0.15) is 51.4 Å². The van der Waals surface area contributed by atoms with Crippen molar-refractivity contribution in [3.05, 3.63) is 41.0 Å². The number of nitrogens with zero attached hydrogens (tertiary/aromatic N) is 2. The zero-order valence-electron chi connectivity index (χ0n) is 30.4. The van der Waals surface area contributed by atoms with Crippen molar-refractivity contribution in [2.24, 2.45) is 5.41 Å². The van der Waals surface area contributed by atoms with E-state index in [4.69, 9.17) is 23.7 Å². The third-order valence-corrected chi connectivity index (χ3v) is 9.05. The zero-order chi connectivity index (χ0) is 37.4. The maximum atomic E-state index is 13.9. The fourth-order valence-electron chi connectivity index (χ4n) is 5.31. The van der Waals surface area contributed by atoms with E-state index in [0.29, 0.717) is 26.4 Å². The Morgan fingerprint density at radius 2 is 1.53 bits per heavy atom. The number of likely N-dealkylation sites (tertiary alicyclic amines) is 1. The van der Waals surface area contributed by atoms with Crippen LogP contribution in [0.5, 0.6) is 0 Å². The molecule has 1 aliphatic heterocycles. The van der Waals surface area contributed by atoms with Crippen LogP contribution in [0.15, 0.2) is 29.8 Å². The maximum absolute atomic E-state index is 13.9. The van der Waals surface area contributed by atoms with Gasteiger partial charge in [-0.3, -0.25) is 14.4 Å². The van der Waals surface area contributed by atoms with E-state index >= 15 is 0 Å². The van der Waals surface area contributed by atoms with Crippen molar-refractivity contribution in [2.75, 3.05) is 73.1 Å². The predicted molar refractivity (Wildman–Crippen MR) is 190 cm³/mol. The van der Waals surface area contributed by atoms with E-state index < -0.39 is 41.5 Å². The minimum absolute atomic E-state index is 0.0185. The molecule has 1 aliphatic rings. The van der Waals surface area contributed by atoms with Gasteiger partial charge in [-0.25, -0.2) is 9.78 Å². The van der Waals surface area contributed by atoms with Crippen molar-refractivity contribution in [1.29, 1.82) is 0 Å². The Balaban J connectivity index is 1.40. The fourth-order valence-corrected chi connectivity index (χ4v) is 6.12. The number of hydrogen-bond donors (Lipinski definition) is 4. The highest BCUT2D eigenvalue weighted by Crippen LogP contribution is 2.29. The SMILES string of the molecule is CNC(=O)OCCOCCOCCOCCOCC(=O)N[C@H](C(=O)N1C[C@H](O)C[C@H]1C(=O)N[C@@H](C)c1ccc(-c2scnc2C)cc1)C(C)(C)C. The van der Waals surface area contributed by atoms with Gasteiger partial charge in [0.25, 0.3) is 0 Å². The second-order valence-electron chi connectivity index (χ2n) is 13.2. The number of aliphatic hydroxyl groups excluding tert-OH is 1. The maximum Gasteiger partial charge on any atom is 0.406 e. The molecule has 1 fully saturated rings. The number of alkyl carbamates (subject to hydrolysis) is 1. The zero-order valence-corrected chi connectivity index (χ0v) is 31.2. The smallest absolute Gasteiger partial charge is 0.406 e. The molecule has 16 heteroatoms. The molecule has 15 nitrogen and oxygen atoms in total. The van der Waals surface area contributed by atoms with Crippen LogP contribution in [0.4, 0.5) is 4.79 Å². The first kappa shape index (κ1) is 41.7. The molecule has 1 aromatic carbocycles. The Kier molecular flexibility index (Phi) is 17.2. The predicted octanol–water partition coefficient (Wildman–Crippen LogP) is 2.21. The van der Waals surface area contributed by atoms with Crippen LogP contribution in [-0.2, 0) is 38.1 Å². The van der Waals surface area contributed by atoms with Crippen molar-refractivity contribution in [3.63, 3.8) is 0 Å². The molecule has 0 bridgehead atoms. The van der Waals surface area contributed by atoms with Crippen LogP contribution >= 0.6 is 11.3 Å². The number of hydrogen-bond acceptors (Lipinski definition) is 12. The molecule has 2 aromatic rings. The summed E-state index contributed by atoms with van der Waals surface area (Å²) in [5.74, 6) is -1.31. The number of aliphatic hydroxyl groups is 1. The van der Waals surface area contributed by atoms with E-state index in [9.17, 15) is 24.3 Å². The molecular weight excluding hydrogens is 682 g/mol. The number of aryl methyl sites for hydroxylation is 1. The Morgan fingerprint density at radius 1 is 0.941 bits per heavy atom. The number of thiazole rings is 1. The quantitative estimate of drug-likeness (QED) is 0.146. The molecule has 284 valence electrons. The van der Waals surface area contributed by atoms with Crippen LogP contribution in [0, 0.1) is 12.3 Å². The van der Waals surface area contributed by atoms with Crippen LogP contribution in [0.2, 0.25) is 0 Å². The summed E-state index contributed by atoms with van der Waals surface area (Å²) in [6, 6.07) is 5.70. The van der Waals surface area contributed by atoms with Crippen LogP contribution in [0.25, 0.3) is 10.4 Å². The lowest BCUT2D eigenvalue weighted by Gasteiger charge is -2.35. The summed E-state index contributed by atoms with van der Waals surface area (Å²) in [7, 11) is 1.48. The number of rotatable bonds is 20. The van der Waals surface area contributed by atoms with Crippen molar-refractivity contribution in [1.82, 2.24) is 25.8 Å². The van der Waals surface area contributed by atoms with Crippen LogP contribution in [-0.4, -0.2) is 130 Å². The third-order valence-electron chi connectivity index (χ3n) is 8.07. The molecule has 0 spiro atoms. The number of aromatic nitrogens is 1. The first-order chi connectivity index (χ1) is 24.3. The number of β-amino-alcohol motifs (C(OH)–C–C–N with tert-alkyl or cyclic N) is 1. The molecule has 4 N–H and O–H groups in total. The summed E-state index contributed by atoms with van der Waals surface area (Å²) in [4.78, 5) is 57.9. The van der Waals surface area contributed by atoms with Crippen LogP contribution in [0.3, 0.4) is 0 Å². The van der Waals surface area contributed by atoms with E-state index in [1.165, 1.54) is 11.9 Å². The summed E-state index contributed by atoms with van der Waals surface area (Å²) in [6.07, 6.45) is -1.29. The molecule has 51 heavy (non-hydrogen) atoms. The van der Waals surface area contributed by atoms with Gasteiger partial charge in [-0.2, -0.15) is 0 Å². The highest BCUT2D eigenvalue weighted by molar-refractivity contribution is 7.13. The Bertz CT molecular complexity index is 1400. The molecule has 0 saturated carbocycles. The second kappa shape index (κ2) is 21.0. The van der Waals surface area contributed by atoms with Gasteiger partial charge in [0.15, 0.2) is 0 Å². The molecule has 1 saturated heterocycles. The minimum Gasteiger partial charge on any atom is -0.447 e. The number of amides is 4. The molecular formula is C35H53N5O10S. The van der Waals surface area contributed by atoms with E-state index in [-0.39, 0.29) is 57.9 Å². The fraction of sp³-hybridized carbons (Fsp3) is 0.629. The molecule has 3 rings (SSSR count). The van der Waals surface area contributed by atoms with Crippen molar-refractivity contribution in [2.45, 2.75) is 65.3 Å². The van der Waals surface area contributed by atoms with Gasteiger partial charge < -0.3 is 49.6 Å². The molecule has 0 radical (unpaired) electrons. The first-order valence-corrected chi connectivity index (χ1v) is 17.9. The Morgan fingerprint density at radius 3 is 2.08 bits per heavy atom. The topological polar surface area (TPSA) is 187 Å². The van der Waals surface area contributed by atoms with Gasteiger partial charge in [0, 0.05) is 20.0 Å². The summed E-state index contributed by atoms with van der Waals surface area (Å²) in [5.41, 5.74) is 4.02. The summed E-state index contributed by atoms with van der Waals surface area (Å²) < 4.78 is 26.4. The van der Waals surface area contributed by atoms with Gasteiger partial charge in [0.2, 0.25) is 17.7 Å². The number of carbonyl (C=O) groups excluding carboxylic acids is 4. The summed E-state index contributed by atoms with van der Waals surface area (Å²) in [5, 5.41) is 18.6. The minimum atomic E-state index is -0.963. The van der Waals surface area contributed by atoms with Crippen LogP contribution < -0.4 is 16.0 Å². The van der Waals surface area contributed by atoms with Gasteiger partial charge in [-0.1, -0.05) is 45.0 Å². The first-order valence-electron chi connectivity index (χ1n) is 17.1. The summed E-state index contributed by atoms with van der Waals surface area (Å²) in [6.45, 7) is 11.2. The number of nitrogens with one attached hydrogen (secondary N) is 3. The standard InChI is InChI=1S/C35H53N5O10S/c1-23(25-7-9-26(10-8-25)30-24(2)37-22-51-30)38-32(43)28-19-27(41)20-40(28)33(44)31(35(3,4)5)39-29(42)21-49-16-15-47-12-11-46-13-14-48-17-18-50-34(45)36-6/h7-10,22-23,27-28,31,41H,11-21H2,1-6H3,(H,36,45)(H,38,43)(H,39,42)/t23-,27+,28-,31+/m0/s1. The van der Waals surface area contributed by atoms with Crippen molar-refractivity contribution < 1.29 is 48.0 Å². The lowest BCUT2D eigenvalue weighted by atomic mass is 9.85. The monoisotopic (exact) mass is 735 g/mol. The normalized spacial score (nSPS) is 17.1. The second-order valence-corrected chi connectivity index (χ2v) is 14.0. The molecule has 0 aliphatic carbocycles. The van der Waals surface area contributed by atoms with Gasteiger partial charge in [0.05, 0.1) is 74.5 Å². The van der Waals surface area contributed by atoms with E-state index in [1.54, 1.807) is 11.3 Å². The lowest BCUT2D eigenvalue weighted by Crippen LogP contribution is -2.58. The lowest BCUT2D eigenvalue weighted by molar-refractivity contribution is -0.144. The molecule has 4 amide bonds. The van der Waals surface area contributed by atoms with Gasteiger partial charge in [-0.15, -0.1) is 11.3 Å². The van der Waals surface area contributed by atoms with E-state index in [1.807, 2.05) is 64.4 Å². The highest BCUT2D eigenvalue weighted by atomic mass is 32.1. The number of benzene rings is 1. The van der Waals surface area contributed by atoms with E-state index in [0.717, 1.165) is 21.7 Å². The summed E-state index contributed by atoms with van der Waals surface area (Å²) >= 11 is 1.57. The van der Waals surface area contributed by atoms with E-state index in [2.05, 4.69) is 20.9 Å². The van der Waals surface area contributed by atoms with Gasteiger partial charge >= 0.3 is 6.09 Å². The molecule has 0 unspecified atom stereocenters. The average Bonchev–Trinajstić information content (AvgIpc) is 3.71. The number of carbonyl (C=O) groups is 4. The molecule has 1 aromatic heterocycles. The average molecular weight is 736 g/mol. The van der Waals surface area contributed by atoms with Gasteiger partial charge in [-0.05, 0) is 30.4 Å². The largest absolute Gasteiger partial charge is 0.447 e.